The lowest BCUT2D eigenvalue weighted by atomic mass is 10.2. The highest BCUT2D eigenvalue weighted by Crippen LogP contribution is 2.11. The SMILES string of the molecule is COC(=O)C[C@@H](CN1CCCC1)NC(=O)OC(C)(C)C. The van der Waals surface area contributed by atoms with E-state index in [1.165, 1.54) is 7.11 Å². The van der Waals surface area contributed by atoms with Gasteiger partial charge in [-0.15, -0.1) is 0 Å². The van der Waals surface area contributed by atoms with Gasteiger partial charge < -0.3 is 19.7 Å². The lowest BCUT2D eigenvalue weighted by Crippen LogP contribution is -2.46. The summed E-state index contributed by atoms with van der Waals surface area (Å²) in [7, 11) is 1.35. The van der Waals surface area contributed by atoms with E-state index in [-0.39, 0.29) is 18.4 Å². The molecule has 0 unspecified atom stereocenters. The molecular formula is C14H26N2O4. The molecule has 1 rings (SSSR count). The lowest BCUT2D eigenvalue weighted by Gasteiger charge is -2.26. The molecule has 6 heteroatoms. The molecule has 0 spiro atoms. The van der Waals surface area contributed by atoms with Crippen LogP contribution in [0.4, 0.5) is 4.79 Å². The van der Waals surface area contributed by atoms with Crippen LogP contribution in [0.2, 0.25) is 0 Å². The van der Waals surface area contributed by atoms with Gasteiger partial charge in [0.05, 0.1) is 19.6 Å². The number of hydrogen-bond donors (Lipinski definition) is 1. The van der Waals surface area contributed by atoms with Crippen molar-refractivity contribution in [1.82, 2.24) is 10.2 Å². The van der Waals surface area contributed by atoms with Crippen LogP contribution in [0, 0.1) is 0 Å². The summed E-state index contributed by atoms with van der Waals surface area (Å²) in [4.78, 5) is 25.5. The van der Waals surface area contributed by atoms with Crippen LogP contribution in [0.3, 0.4) is 0 Å². The highest BCUT2D eigenvalue weighted by Gasteiger charge is 2.24. The summed E-state index contributed by atoms with van der Waals surface area (Å²) < 4.78 is 9.91. The molecule has 0 aromatic carbocycles. The van der Waals surface area contributed by atoms with Crippen molar-refractivity contribution < 1.29 is 19.1 Å². The number of alkyl carbamates (subject to hydrolysis) is 1. The topological polar surface area (TPSA) is 67.9 Å². The highest BCUT2D eigenvalue weighted by molar-refractivity contribution is 5.72. The minimum Gasteiger partial charge on any atom is -0.469 e. The molecule has 1 saturated heterocycles. The van der Waals surface area contributed by atoms with Crippen molar-refractivity contribution in [2.75, 3.05) is 26.7 Å². The minimum atomic E-state index is -0.548. The maximum Gasteiger partial charge on any atom is 0.407 e. The summed E-state index contributed by atoms with van der Waals surface area (Å²) in [6.45, 7) is 8.09. The van der Waals surface area contributed by atoms with E-state index in [1.807, 2.05) is 20.8 Å². The van der Waals surface area contributed by atoms with Crippen LogP contribution >= 0.6 is 0 Å². The molecule has 116 valence electrons. The number of rotatable bonds is 5. The van der Waals surface area contributed by atoms with E-state index in [9.17, 15) is 9.59 Å². The molecule has 20 heavy (non-hydrogen) atoms. The predicted molar refractivity (Wildman–Crippen MR) is 75.5 cm³/mol. The number of methoxy groups -OCH3 is 1. The summed E-state index contributed by atoms with van der Waals surface area (Å²) in [5.41, 5.74) is -0.548. The highest BCUT2D eigenvalue weighted by atomic mass is 16.6. The van der Waals surface area contributed by atoms with Crippen molar-refractivity contribution >= 4 is 12.1 Å². The molecule has 0 saturated carbocycles. The Balaban J connectivity index is 2.52. The maximum atomic E-state index is 11.8. The normalized spacial score (nSPS) is 17.6. The molecule has 1 fully saturated rings. The summed E-state index contributed by atoms with van der Waals surface area (Å²) in [6.07, 6.45) is 1.99. The third kappa shape index (κ3) is 6.75. The van der Waals surface area contributed by atoms with Gasteiger partial charge in [0, 0.05) is 6.54 Å². The van der Waals surface area contributed by atoms with E-state index < -0.39 is 11.7 Å². The summed E-state index contributed by atoms with van der Waals surface area (Å²) in [5.74, 6) is -0.328. The van der Waals surface area contributed by atoms with Gasteiger partial charge in [0.1, 0.15) is 5.60 Å². The Morgan fingerprint density at radius 3 is 2.35 bits per heavy atom. The number of likely N-dealkylation sites (tertiary alicyclic amines) is 1. The number of hydrogen-bond acceptors (Lipinski definition) is 5. The standard InChI is InChI=1S/C14H26N2O4/c1-14(2,3)20-13(18)15-11(9-12(17)19-4)10-16-7-5-6-8-16/h11H,5-10H2,1-4H3,(H,15,18)/t11-/m0/s1. The zero-order valence-electron chi connectivity index (χ0n) is 12.9. The average Bonchev–Trinajstić information content (AvgIpc) is 2.78. The van der Waals surface area contributed by atoms with Gasteiger partial charge >= 0.3 is 12.1 Å². The van der Waals surface area contributed by atoms with Crippen LogP contribution < -0.4 is 5.32 Å². The molecule has 0 aromatic rings. The van der Waals surface area contributed by atoms with Crippen molar-refractivity contribution in [3.05, 3.63) is 0 Å². The first-order valence-electron chi connectivity index (χ1n) is 7.09. The van der Waals surface area contributed by atoms with Gasteiger partial charge in [0.2, 0.25) is 0 Å². The van der Waals surface area contributed by atoms with E-state index in [0.29, 0.717) is 6.54 Å². The molecule has 0 radical (unpaired) electrons. The van der Waals surface area contributed by atoms with Gasteiger partial charge in [-0.25, -0.2) is 4.79 Å². The Kier molecular flexibility index (Phi) is 6.26. The largest absolute Gasteiger partial charge is 0.469 e. The van der Waals surface area contributed by atoms with Crippen molar-refractivity contribution in [2.45, 2.75) is 51.7 Å². The molecule has 0 aromatic heterocycles. The van der Waals surface area contributed by atoms with Crippen molar-refractivity contribution in [3.8, 4) is 0 Å². The summed E-state index contributed by atoms with van der Waals surface area (Å²) >= 11 is 0. The Morgan fingerprint density at radius 2 is 1.85 bits per heavy atom. The van der Waals surface area contributed by atoms with E-state index in [4.69, 9.17) is 4.74 Å². The van der Waals surface area contributed by atoms with Gasteiger partial charge in [0.15, 0.2) is 0 Å². The molecule has 0 bridgehead atoms. The molecule has 6 nitrogen and oxygen atoms in total. The van der Waals surface area contributed by atoms with Gasteiger partial charge in [-0.3, -0.25) is 4.79 Å². The third-order valence-corrected chi connectivity index (χ3v) is 3.04. The Morgan fingerprint density at radius 1 is 1.25 bits per heavy atom. The van der Waals surface area contributed by atoms with E-state index in [2.05, 4.69) is 15.0 Å². The minimum absolute atomic E-state index is 0.159. The molecule has 1 atom stereocenters. The maximum absolute atomic E-state index is 11.8. The van der Waals surface area contributed by atoms with Crippen LogP contribution in [0.25, 0.3) is 0 Å². The van der Waals surface area contributed by atoms with Crippen LogP contribution in [0.1, 0.15) is 40.0 Å². The van der Waals surface area contributed by atoms with Crippen LogP contribution in [-0.4, -0.2) is 55.3 Å². The zero-order valence-corrected chi connectivity index (χ0v) is 12.9. The Hall–Kier alpha value is -1.30. The molecule has 1 aliphatic rings. The first kappa shape index (κ1) is 16.8. The molecular weight excluding hydrogens is 260 g/mol. The number of ether oxygens (including phenoxy) is 2. The van der Waals surface area contributed by atoms with Crippen molar-refractivity contribution in [2.24, 2.45) is 0 Å². The quantitative estimate of drug-likeness (QED) is 0.776. The lowest BCUT2D eigenvalue weighted by molar-refractivity contribution is -0.141. The Bertz CT molecular complexity index is 333. The van der Waals surface area contributed by atoms with E-state index in [0.717, 1.165) is 25.9 Å². The predicted octanol–water partition coefficient (Wildman–Crippen LogP) is 1.54. The number of nitrogens with zero attached hydrogens (tertiary/aromatic N) is 1. The summed E-state index contributed by atoms with van der Waals surface area (Å²) in [6, 6.07) is -0.282. The molecule has 0 aliphatic carbocycles. The first-order valence-corrected chi connectivity index (χ1v) is 7.09. The summed E-state index contributed by atoms with van der Waals surface area (Å²) in [5, 5.41) is 2.76. The Labute approximate surface area is 120 Å². The molecule has 1 amide bonds. The second-order valence-electron chi connectivity index (χ2n) is 6.13. The van der Waals surface area contributed by atoms with Gasteiger partial charge in [0.25, 0.3) is 0 Å². The number of amides is 1. The number of carbonyl (C=O) groups excluding carboxylic acids is 2. The fourth-order valence-electron chi connectivity index (χ4n) is 2.20. The smallest absolute Gasteiger partial charge is 0.407 e. The monoisotopic (exact) mass is 286 g/mol. The second kappa shape index (κ2) is 7.47. The van der Waals surface area contributed by atoms with E-state index >= 15 is 0 Å². The van der Waals surface area contributed by atoms with Gasteiger partial charge in [-0.05, 0) is 46.7 Å². The van der Waals surface area contributed by atoms with Gasteiger partial charge in [-0.2, -0.15) is 0 Å². The van der Waals surface area contributed by atoms with Gasteiger partial charge in [-0.1, -0.05) is 0 Å². The van der Waals surface area contributed by atoms with Crippen LogP contribution in [-0.2, 0) is 14.3 Å². The van der Waals surface area contributed by atoms with Crippen molar-refractivity contribution in [1.29, 1.82) is 0 Å². The number of carbonyl (C=O) groups is 2. The molecule has 1 aliphatic heterocycles. The first-order chi connectivity index (χ1) is 9.30. The molecule has 1 heterocycles. The molecule has 1 N–H and O–H groups in total. The van der Waals surface area contributed by atoms with Crippen LogP contribution in [0.15, 0.2) is 0 Å². The fourth-order valence-corrected chi connectivity index (χ4v) is 2.20. The number of nitrogens with one attached hydrogen (secondary N) is 1. The van der Waals surface area contributed by atoms with E-state index in [1.54, 1.807) is 0 Å². The average molecular weight is 286 g/mol. The zero-order chi connectivity index (χ0) is 15.2. The second-order valence-corrected chi connectivity index (χ2v) is 6.13. The van der Waals surface area contributed by atoms with Crippen LogP contribution in [0.5, 0.6) is 0 Å². The van der Waals surface area contributed by atoms with Crippen molar-refractivity contribution in [3.63, 3.8) is 0 Å². The fraction of sp³-hybridized carbons (Fsp3) is 0.857. The number of esters is 1. The third-order valence-electron chi connectivity index (χ3n) is 3.04.